The summed E-state index contributed by atoms with van der Waals surface area (Å²) in [6.07, 6.45) is 5.77. The molecule has 0 spiro atoms. The third-order valence-electron chi connectivity index (χ3n) is 3.29. The molecule has 0 aromatic heterocycles. The van der Waals surface area contributed by atoms with Gasteiger partial charge >= 0.3 is 0 Å². The van der Waals surface area contributed by atoms with E-state index in [1.807, 2.05) is 20.8 Å². The number of amides is 2. The van der Waals surface area contributed by atoms with Crippen LogP contribution in [0.25, 0.3) is 0 Å². The second-order valence-electron chi connectivity index (χ2n) is 5.77. The number of rotatable bonds is 3. The molecule has 0 bridgehead atoms. The molecule has 1 heterocycles. The van der Waals surface area contributed by atoms with Crippen LogP contribution in [0.4, 0.5) is 0 Å². The highest BCUT2D eigenvalue weighted by molar-refractivity contribution is 5.99. The fourth-order valence-electron chi connectivity index (χ4n) is 2.38. The maximum Gasteiger partial charge on any atom is 0.248 e. The number of carbonyl (C=O) groups excluding carboxylic acids is 2. The van der Waals surface area contributed by atoms with Gasteiger partial charge in [-0.3, -0.25) is 9.59 Å². The second-order valence-corrected chi connectivity index (χ2v) is 5.77. The van der Waals surface area contributed by atoms with Gasteiger partial charge in [0, 0.05) is 12.5 Å². The molecule has 1 N–H and O–H groups in total. The lowest BCUT2D eigenvalue weighted by molar-refractivity contribution is -0.157. The summed E-state index contributed by atoms with van der Waals surface area (Å²) >= 11 is 0. The van der Waals surface area contributed by atoms with Crippen molar-refractivity contribution in [3.8, 4) is 12.3 Å². The Morgan fingerprint density at radius 1 is 1.39 bits per heavy atom. The molecule has 1 aliphatic rings. The summed E-state index contributed by atoms with van der Waals surface area (Å²) in [7, 11) is 0. The molecule has 1 aliphatic heterocycles. The summed E-state index contributed by atoms with van der Waals surface area (Å²) in [5.41, 5.74) is -0.856. The van der Waals surface area contributed by atoms with Crippen molar-refractivity contribution >= 4 is 11.8 Å². The van der Waals surface area contributed by atoms with Crippen LogP contribution in [0.5, 0.6) is 0 Å². The molecule has 100 valence electrons. The van der Waals surface area contributed by atoms with E-state index in [2.05, 4.69) is 11.2 Å². The number of terminal acetylenes is 1. The van der Waals surface area contributed by atoms with E-state index in [-0.39, 0.29) is 23.8 Å². The average Bonchev–Trinajstić information content (AvgIpc) is 2.21. The molecule has 1 rings (SSSR count). The van der Waals surface area contributed by atoms with Gasteiger partial charge in [-0.1, -0.05) is 13.8 Å². The number of nitrogens with zero attached hydrogens (tertiary/aromatic N) is 1. The minimum atomic E-state index is -0.856. The number of nitrogens with one attached hydrogen (secondary N) is 1. The first-order valence-electron chi connectivity index (χ1n) is 6.30. The van der Waals surface area contributed by atoms with E-state index in [0.29, 0.717) is 6.42 Å². The van der Waals surface area contributed by atoms with E-state index >= 15 is 0 Å². The Morgan fingerprint density at radius 2 is 1.94 bits per heavy atom. The molecule has 0 aliphatic carbocycles. The van der Waals surface area contributed by atoms with Gasteiger partial charge in [-0.2, -0.15) is 0 Å². The Kier molecular flexibility index (Phi) is 4.05. The third-order valence-corrected chi connectivity index (χ3v) is 3.29. The van der Waals surface area contributed by atoms with Gasteiger partial charge in [-0.25, -0.2) is 0 Å². The standard InChI is InChI=1S/C14H22N2O2/c1-7-8-10(4)16-11(9(2)3)12(17)15-14(5,6)13(16)18/h1,9-11H,8H2,2-6H3,(H,15,17). The molecule has 0 radical (unpaired) electrons. The molecule has 0 aromatic rings. The Hall–Kier alpha value is -1.50. The van der Waals surface area contributed by atoms with Crippen molar-refractivity contribution in [2.75, 3.05) is 0 Å². The van der Waals surface area contributed by atoms with Gasteiger partial charge in [0.1, 0.15) is 11.6 Å². The lowest BCUT2D eigenvalue weighted by Gasteiger charge is -2.46. The summed E-state index contributed by atoms with van der Waals surface area (Å²) in [6.45, 7) is 9.21. The lowest BCUT2D eigenvalue weighted by Crippen LogP contribution is -2.70. The number of piperazine rings is 1. The predicted octanol–water partition coefficient (Wildman–Crippen LogP) is 1.16. The molecule has 18 heavy (non-hydrogen) atoms. The van der Waals surface area contributed by atoms with Crippen LogP contribution in [0.15, 0.2) is 0 Å². The largest absolute Gasteiger partial charge is 0.340 e. The van der Waals surface area contributed by atoms with Crippen LogP contribution < -0.4 is 5.32 Å². The van der Waals surface area contributed by atoms with Crippen LogP contribution in [0, 0.1) is 18.3 Å². The Balaban J connectivity index is 3.14. The van der Waals surface area contributed by atoms with Crippen LogP contribution in [0.2, 0.25) is 0 Å². The smallest absolute Gasteiger partial charge is 0.248 e. The molecule has 0 aromatic carbocycles. The minimum absolute atomic E-state index is 0.0604. The van der Waals surface area contributed by atoms with Gasteiger partial charge in [-0.15, -0.1) is 12.3 Å². The van der Waals surface area contributed by atoms with Crippen molar-refractivity contribution in [1.29, 1.82) is 0 Å². The fourth-order valence-corrected chi connectivity index (χ4v) is 2.38. The molecule has 1 fully saturated rings. The van der Waals surface area contributed by atoms with Gasteiger partial charge in [0.25, 0.3) is 0 Å². The van der Waals surface area contributed by atoms with Crippen molar-refractivity contribution in [3.05, 3.63) is 0 Å². The van der Waals surface area contributed by atoms with Crippen LogP contribution in [0.3, 0.4) is 0 Å². The maximum absolute atomic E-state index is 12.5. The topological polar surface area (TPSA) is 49.4 Å². The zero-order chi connectivity index (χ0) is 14.1. The molecule has 4 heteroatoms. The van der Waals surface area contributed by atoms with Crippen LogP contribution in [-0.2, 0) is 9.59 Å². The zero-order valence-corrected chi connectivity index (χ0v) is 11.8. The van der Waals surface area contributed by atoms with E-state index < -0.39 is 11.6 Å². The molecule has 2 atom stereocenters. The van der Waals surface area contributed by atoms with Gasteiger partial charge in [0.05, 0.1) is 0 Å². The van der Waals surface area contributed by atoms with Crippen molar-refractivity contribution < 1.29 is 9.59 Å². The minimum Gasteiger partial charge on any atom is -0.340 e. The molecule has 4 nitrogen and oxygen atoms in total. The fraction of sp³-hybridized carbons (Fsp3) is 0.714. The number of hydrogen-bond acceptors (Lipinski definition) is 2. The van der Waals surface area contributed by atoms with E-state index in [0.717, 1.165) is 0 Å². The summed E-state index contributed by atoms with van der Waals surface area (Å²) in [5.74, 6) is 2.46. The van der Waals surface area contributed by atoms with E-state index in [9.17, 15) is 9.59 Å². The van der Waals surface area contributed by atoms with Crippen LogP contribution in [0.1, 0.15) is 41.0 Å². The van der Waals surface area contributed by atoms with Crippen molar-refractivity contribution in [2.45, 2.75) is 58.7 Å². The first kappa shape index (κ1) is 14.6. The van der Waals surface area contributed by atoms with Crippen molar-refractivity contribution in [2.24, 2.45) is 5.92 Å². The third kappa shape index (κ3) is 2.50. The van der Waals surface area contributed by atoms with E-state index in [1.54, 1.807) is 18.7 Å². The normalized spacial score (nSPS) is 24.7. The Morgan fingerprint density at radius 3 is 2.39 bits per heavy atom. The monoisotopic (exact) mass is 250 g/mol. The van der Waals surface area contributed by atoms with Crippen molar-refractivity contribution in [1.82, 2.24) is 10.2 Å². The van der Waals surface area contributed by atoms with Gasteiger partial charge in [-0.05, 0) is 26.7 Å². The SMILES string of the molecule is C#CCC(C)N1C(=O)C(C)(C)NC(=O)C1C(C)C. The highest BCUT2D eigenvalue weighted by atomic mass is 16.2. The highest BCUT2D eigenvalue weighted by Gasteiger charge is 2.47. The van der Waals surface area contributed by atoms with Gasteiger partial charge in [0.15, 0.2) is 0 Å². The average molecular weight is 250 g/mol. The van der Waals surface area contributed by atoms with Crippen LogP contribution >= 0.6 is 0 Å². The second kappa shape index (κ2) is 5.01. The molecule has 2 amide bonds. The quantitative estimate of drug-likeness (QED) is 0.764. The number of carbonyl (C=O) groups is 2. The van der Waals surface area contributed by atoms with E-state index in [4.69, 9.17) is 6.42 Å². The Labute approximate surface area is 109 Å². The maximum atomic E-state index is 12.5. The van der Waals surface area contributed by atoms with Crippen LogP contribution in [-0.4, -0.2) is 34.3 Å². The van der Waals surface area contributed by atoms with E-state index in [1.165, 1.54) is 0 Å². The molecule has 2 unspecified atom stereocenters. The first-order valence-corrected chi connectivity index (χ1v) is 6.30. The van der Waals surface area contributed by atoms with Gasteiger partial charge in [0.2, 0.25) is 11.8 Å². The van der Waals surface area contributed by atoms with Gasteiger partial charge < -0.3 is 10.2 Å². The predicted molar refractivity (Wildman–Crippen MR) is 70.6 cm³/mol. The Bertz CT molecular complexity index is 393. The first-order chi connectivity index (χ1) is 8.22. The summed E-state index contributed by atoms with van der Waals surface area (Å²) < 4.78 is 0. The van der Waals surface area contributed by atoms with Crippen molar-refractivity contribution in [3.63, 3.8) is 0 Å². The summed E-state index contributed by atoms with van der Waals surface area (Å²) in [6, 6.07) is -0.561. The summed E-state index contributed by atoms with van der Waals surface area (Å²) in [5, 5.41) is 2.78. The lowest BCUT2D eigenvalue weighted by atomic mass is 9.90. The number of hydrogen-bond donors (Lipinski definition) is 1. The molecule has 1 saturated heterocycles. The molecular weight excluding hydrogens is 228 g/mol. The highest BCUT2D eigenvalue weighted by Crippen LogP contribution is 2.25. The zero-order valence-electron chi connectivity index (χ0n) is 11.8. The summed E-state index contributed by atoms with van der Waals surface area (Å²) in [4.78, 5) is 26.3. The molecular formula is C14H22N2O2. The molecule has 0 saturated carbocycles.